The van der Waals surface area contributed by atoms with Gasteiger partial charge in [-0.1, -0.05) is 26.7 Å². The molecule has 0 aliphatic rings. The molecule has 0 aliphatic heterocycles. The molecule has 0 aromatic carbocycles. The molecule has 0 aliphatic carbocycles. The number of hydrogen-bond donors (Lipinski definition) is 3. The molecule has 0 atom stereocenters. The molecule has 22 heavy (non-hydrogen) atoms. The van der Waals surface area contributed by atoms with Crippen molar-refractivity contribution >= 4 is 11.9 Å². The highest BCUT2D eigenvalue weighted by Crippen LogP contribution is 1.92. The molecule has 0 unspecified atom stereocenters. The van der Waals surface area contributed by atoms with Crippen LogP contribution in [0.4, 0.5) is 0 Å². The Bertz CT molecular complexity index is 274. The van der Waals surface area contributed by atoms with Crippen LogP contribution in [0.5, 0.6) is 0 Å². The third-order valence-electron chi connectivity index (χ3n) is 2.26. The molecule has 0 bridgehead atoms. The second-order valence-electron chi connectivity index (χ2n) is 4.39. The molecule has 7 heteroatoms. The summed E-state index contributed by atoms with van der Waals surface area (Å²) in [6.07, 6.45) is 4.85. The van der Waals surface area contributed by atoms with Crippen LogP contribution in [-0.2, 0) is 19.1 Å². The Hall–Kier alpha value is -1.44. The summed E-state index contributed by atoms with van der Waals surface area (Å²) in [5, 5.41) is 24.0. The van der Waals surface area contributed by atoms with Crippen molar-refractivity contribution in [3.8, 4) is 0 Å². The van der Waals surface area contributed by atoms with Crippen LogP contribution in [0.1, 0.15) is 39.5 Å². The zero-order chi connectivity index (χ0) is 17.2. The quantitative estimate of drug-likeness (QED) is 0.306. The standard InChI is InChI=1S/C12H20O4.C3H8O3/c1-3-5-9-15-11(13)7-8-12(14)16-10-6-4-2;4-1-3(6)2-5/h7-8H,3-6,9-10H2,1-2H3;3-6H,1-2H2/b8-7+;. The smallest absolute Gasteiger partial charge is 0.331 e. The van der Waals surface area contributed by atoms with E-state index in [0.29, 0.717) is 13.2 Å². The van der Waals surface area contributed by atoms with Gasteiger partial charge in [0.05, 0.1) is 26.4 Å². The third-order valence-corrected chi connectivity index (χ3v) is 2.26. The van der Waals surface area contributed by atoms with E-state index < -0.39 is 18.0 Å². The molecule has 7 nitrogen and oxygen atoms in total. The van der Waals surface area contributed by atoms with E-state index in [9.17, 15) is 9.59 Å². The lowest BCUT2D eigenvalue weighted by Gasteiger charge is -2.00. The molecule has 0 aromatic rings. The van der Waals surface area contributed by atoms with Gasteiger partial charge >= 0.3 is 11.9 Å². The Morgan fingerprint density at radius 2 is 1.27 bits per heavy atom. The largest absolute Gasteiger partial charge is 0.463 e. The minimum atomic E-state index is -0.954. The highest BCUT2D eigenvalue weighted by Gasteiger charge is 2.00. The Morgan fingerprint density at radius 3 is 1.50 bits per heavy atom. The van der Waals surface area contributed by atoms with Crippen molar-refractivity contribution in [1.29, 1.82) is 0 Å². The van der Waals surface area contributed by atoms with Gasteiger partial charge in [-0.05, 0) is 12.8 Å². The van der Waals surface area contributed by atoms with Crippen LogP contribution in [-0.4, -0.2) is 59.8 Å². The highest BCUT2D eigenvalue weighted by molar-refractivity contribution is 5.91. The monoisotopic (exact) mass is 320 g/mol. The summed E-state index contributed by atoms with van der Waals surface area (Å²) in [6.45, 7) is 4.08. The molecule has 0 heterocycles. The van der Waals surface area contributed by atoms with E-state index in [2.05, 4.69) is 0 Å². The lowest BCUT2D eigenvalue weighted by Crippen LogP contribution is -2.15. The predicted octanol–water partition coefficient (Wildman–Crippen LogP) is 0.561. The van der Waals surface area contributed by atoms with Crippen LogP contribution < -0.4 is 0 Å². The van der Waals surface area contributed by atoms with E-state index in [1.54, 1.807) is 0 Å². The summed E-state index contributed by atoms with van der Waals surface area (Å²) >= 11 is 0. The minimum Gasteiger partial charge on any atom is -0.463 e. The van der Waals surface area contributed by atoms with Crippen LogP contribution in [0.3, 0.4) is 0 Å². The number of unbranched alkanes of at least 4 members (excludes halogenated alkanes) is 2. The number of esters is 2. The molecule has 0 spiro atoms. The molecule has 0 radical (unpaired) electrons. The molecule has 0 rings (SSSR count). The van der Waals surface area contributed by atoms with E-state index in [1.165, 1.54) is 0 Å². The fourth-order valence-corrected chi connectivity index (χ4v) is 0.924. The van der Waals surface area contributed by atoms with Gasteiger partial charge in [0.25, 0.3) is 0 Å². The van der Waals surface area contributed by atoms with Gasteiger partial charge in [0.1, 0.15) is 6.10 Å². The van der Waals surface area contributed by atoms with Gasteiger partial charge in [-0.15, -0.1) is 0 Å². The van der Waals surface area contributed by atoms with Crippen LogP contribution in [0, 0.1) is 0 Å². The number of carbonyl (C=O) groups excluding carboxylic acids is 2. The van der Waals surface area contributed by atoms with E-state index in [-0.39, 0.29) is 13.2 Å². The Labute approximate surface area is 131 Å². The third kappa shape index (κ3) is 18.6. The summed E-state index contributed by atoms with van der Waals surface area (Å²) in [5.41, 5.74) is 0. The van der Waals surface area contributed by atoms with Crippen LogP contribution >= 0.6 is 0 Å². The molecule has 130 valence electrons. The van der Waals surface area contributed by atoms with Crippen LogP contribution in [0.25, 0.3) is 0 Å². The second-order valence-corrected chi connectivity index (χ2v) is 4.39. The fourth-order valence-electron chi connectivity index (χ4n) is 0.924. The summed E-state index contributed by atoms with van der Waals surface area (Å²) in [5.74, 6) is -0.998. The van der Waals surface area contributed by atoms with Crippen molar-refractivity contribution in [2.24, 2.45) is 0 Å². The maximum absolute atomic E-state index is 11.0. The topological polar surface area (TPSA) is 113 Å². The van der Waals surface area contributed by atoms with Crippen molar-refractivity contribution in [2.45, 2.75) is 45.6 Å². The molecule has 0 saturated heterocycles. The number of carbonyl (C=O) groups is 2. The maximum atomic E-state index is 11.0. The van der Waals surface area contributed by atoms with Gasteiger partial charge in [0, 0.05) is 12.2 Å². The Morgan fingerprint density at radius 1 is 0.909 bits per heavy atom. The van der Waals surface area contributed by atoms with Crippen molar-refractivity contribution in [3.05, 3.63) is 12.2 Å². The SMILES string of the molecule is CCCCOC(=O)/C=C/C(=O)OCCCC.OCC(O)CO. The van der Waals surface area contributed by atoms with Gasteiger partial charge in [0.15, 0.2) is 0 Å². The molecule has 0 amide bonds. The molecule has 0 aromatic heterocycles. The molecule has 3 N–H and O–H groups in total. The normalized spacial score (nSPS) is 10.3. The second kappa shape index (κ2) is 17.6. The summed E-state index contributed by atoms with van der Waals surface area (Å²) in [7, 11) is 0. The lowest BCUT2D eigenvalue weighted by molar-refractivity contribution is -0.140. The van der Waals surface area contributed by atoms with Crippen molar-refractivity contribution < 1.29 is 34.4 Å². The van der Waals surface area contributed by atoms with Gasteiger partial charge in [0.2, 0.25) is 0 Å². The maximum Gasteiger partial charge on any atom is 0.331 e. The average molecular weight is 320 g/mol. The summed E-state index contributed by atoms with van der Waals surface area (Å²) < 4.78 is 9.65. The molecule has 0 saturated carbocycles. The van der Waals surface area contributed by atoms with Crippen LogP contribution in [0.2, 0.25) is 0 Å². The fraction of sp³-hybridized carbons (Fsp3) is 0.733. The van der Waals surface area contributed by atoms with E-state index >= 15 is 0 Å². The summed E-state index contributed by atoms with van der Waals surface area (Å²) in [6, 6.07) is 0. The number of aliphatic hydroxyl groups is 3. The number of rotatable bonds is 10. The first kappa shape index (κ1) is 22.8. The van der Waals surface area contributed by atoms with E-state index in [4.69, 9.17) is 24.8 Å². The zero-order valence-corrected chi connectivity index (χ0v) is 13.4. The Balaban J connectivity index is 0. The van der Waals surface area contributed by atoms with E-state index in [1.807, 2.05) is 13.8 Å². The first-order chi connectivity index (χ1) is 10.5. The van der Waals surface area contributed by atoms with Crippen LogP contribution in [0.15, 0.2) is 12.2 Å². The number of aliphatic hydroxyl groups excluding tert-OH is 3. The van der Waals surface area contributed by atoms with Crippen molar-refractivity contribution in [3.63, 3.8) is 0 Å². The zero-order valence-electron chi connectivity index (χ0n) is 13.4. The molecule has 0 fully saturated rings. The summed E-state index contributed by atoms with van der Waals surface area (Å²) in [4.78, 5) is 22.1. The van der Waals surface area contributed by atoms with Gasteiger partial charge < -0.3 is 24.8 Å². The first-order valence-electron chi connectivity index (χ1n) is 7.43. The van der Waals surface area contributed by atoms with Crippen molar-refractivity contribution in [1.82, 2.24) is 0 Å². The van der Waals surface area contributed by atoms with E-state index in [0.717, 1.165) is 37.8 Å². The minimum absolute atomic E-state index is 0.365. The average Bonchev–Trinajstić information content (AvgIpc) is 2.53. The number of ether oxygens (including phenoxy) is 2. The molecular formula is C15H28O7. The van der Waals surface area contributed by atoms with Gasteiger partial charge in [-0.3, -0.25) is 0 Å². The van der Waals surface area contributed by atoms with Crippen molar-refractivity contribution in [2.75, 3.05) is 26.4 Å². The van der Waals surface area contributed by atoms with Gasteiger partial charge in [-0.2, -0.15) is 0 Å². The lowest BCUT2D eigenvalue weighted by atomic mass is 10.4. The molecular weight excluding hydrogens is 292 g/mol. The number of hydrogen-bond acceptors (Lipinski definition) is 7. The predicted molar refractivity (Wildman–Crippen MR) is 81.1 cm³/mol. The first-order valence-corrected chi connectivity index (χ1v) is 7.43. The Kier molecular flexibility index (Phi) is 18.3. The highest BCUT2D eigenvalue weighted by atomic mass is 16.5. The van der Waals surface area contributed by atoms with Gasteiger partial charge in [-0.25, -0.2) is 9.59 Å².